The predicted molar refractivity (Wildman–Crippen MR) is 75.4 cm³/mol. The smallest absolute Gasteiger partial charge is 0.0912 e. The van der Waals surface area contributed by atoms with Crippen molar-refractivity contribution >= 4 is 11.6 Å². The molecule has 1 aromatic rings. The van der Waals surface area contributed by atoms with E-state index in [2.05, 4.69) is 19.1 Å². The fourth-order valence-electron chi connectivity index (χ4n) is 2.29. The van der Waals surface area contributed by atoms with Crippen molar-refractivity contribution in [3.63, 3.8) is 0 Å². The van der Waals surface area contributed by atoms with Crippen LogP contribution in [0, 0.1) is 11.3 Å². The Bertz CT molecular complexity index is 575. The normalized spacial score (nSPS) is 22.8. The number of nitrogens with zero attached hydrogens (tertiary/aromatic N) is 1. The third-order valence-electron chi connectivity index (χ3n) is 3.21. The van der Waals surface area contributed by atoms with Gasteiger partial charge in [-0.05, 0) is 29.7 Å². The first kappa shape index (κ1) is 12.7. The van der Waals surface area contributed by atoms with Gasteiger partial charge < -0.3 is 0 Å². The summed E-state index contributed by atoms with van der Waals surface area (Å²) in [6.07, 6.45) is 10.5. The van der Waals surface area contributed by atoms with Gasteiger partial charge in [0.1, 0.15) is 0 Å². The summed E-state index contributed by atoms with van der Waals surface area (Å²) in [5.74, 6) is 0. The van der Waals surface area contributed by atoms with Crippen LogP contribution in [-0.2, 0) is 5.41 Å². The molecule has 1 unspecified atom stereocenters. The fraction of sp³-hybridized carbons (Fsp3) is 0.188. The second kappa shape index (κ2) is 5.25. The Morgan fingerprint density at radius 1 is 1.39 bits per heavy atom. The van der Waals surface area contributed by atoms with E-state index in [0.29, 0.717) is 0 Å². The van der Waals surface area contributed by atoms with Gasteiger partial charge in [0.2, 0.25) is 0 Å². The van der Waals surface area contributed by atoms with Crippen molar-refractivity contribution in [3.8, 4) is 6.07 Å². The molecule has 0 heterocycles. The van der Waals surface area contributed by atoms with Crippen molar-refractivity contribution in [1.29, 1.82) is 5.26 Å². The van der Waals surface area contributed by atoms with Gasteiger partial charge in [0.05, 0.1) is 6.07 Å². The van der Waals surface area contributed by atoms with Gasteiger partial charge >= 0.3 is 0 Å². The predicted octanol–water partition coefficient (Wildman–Crippen LogP) is 4.56. The summed E-state index contributed by atoms with van der Waals surface area (Å²) in [7, 11) is 0. The summed E-state index contributed by atoms with van der Waals surface area (Å²) in [4.78, 5) is 0. The first-order valence-electron chi connectivity index (χ1n) is 5.85. The Morgan fingerprint density at radius 3 is 2.89 bits per heavy atom. The molecule has 0 fully saturated rings. The standard InChI is InChI=1S/C16H14ClN/c1-16(14-8-2-3-9-15(14)17)10-4-6-13(12-16)7-5-11-18/h2-10H,12H2,1H3/b7-5+. The average molecular weight is 256 g/mol. The molecule has 0 bridgehead atoms. The number of allylic oxidation sites excluding steroid dienone is 6. The van der Waals surface area contributed by atoms with Crippen LogP contribution in [0.25, 0.3) is 0 Å². The molecule has 0 aromatic heterocycles. The fourth-order valence-corrected chi connectivity index (χ4v) is 2.65. The molecule has 0 radical (unpaired) electrons. The van der Waals surface area contributed by atoms with Crippen LogP contribution in [0.15, 0.2) is 60.2 Å². The highest BCUT2D eigenvalue weighted by Crippen LogP contribution is 2.38. The van der Waals surface area contributed by atoms with Crippen LogP contribution in [0.3, 0.4) is 0 Å². The third kappa shape index (κ3) is 2.55. The monoisotopic (exact) mass is 255 g/mol. The van der Waals surface area contributed by atoms with E-state index in [1.54, 1.807) is 0 Å². The molecule has 0 saturated carbocycles. The van der Waals surface area contributed by atoms with Crippen molar-refractivity contribution in [2.45, 2.75) is 18.8 Å². The Kier molecular flexibility index (Phi) is 3.69. The summed E-state index contributed by atoms with van der Waals surface area (Å²) >= 11 is 6.28. The first-order chi connectivity index (χ1) is 8.65. The zero-order valence-electron chi connectivity index (χ0n) is 10.2. The lowest BCUT2D eigenvalue weighted by Gasteiger charge is -2.30. The molecule has 0 spiro atoms. The minimum absolute atomic E-state index is 0.109. The molecule has 1 nitrogen and oxygen atoms in total. The maximum absolute atomic E-state index is 8.58. The molecule has 18 heavy (non-hydrogen) atoms. The molecule has 90 valence electrons. The highest BCUT2D eigenvalue weighted by atomic mass is 35.5. The molecular weight excluding hydrogens is 242 g/mol. The molecule has 0 N–H and O–H groups in total. The zero-order valence-corrected chi connectivity index (χ0v) is 11.0. The highest BCUT2D eigenvalue weighted by molar-refractivity contribution is 6.31. The maximum atomic E-state index is 8.58. The average Bonchev–Trinajstić information content (AvgIpc) is 2.37. The summed E-state index contributed by atoms with van der Waals surface area (Å²) in [5, 5.41) is 9.37. The topological polar surface area (TPSA) is 23.8 Å². The van der Waals surface area contributed by atoms with Crippen LogP contribution >= 0.6 is 11.6 Å². The maximum Gasteiger partial charge on any atom is 0.0912 e. The van der Waals surface area contributed by atoms with Crippen LogP contribution in [0.2, 0.25) is 5.02 Å². The van der Waals surface area contributed by atoms with Gasteiger partial charge in [-0.15, -0.1) is 0 Å². The van der Waals surface area contributed by atoms with Gasteiger partial charge in [0.25, 0.3) is 0 Å². The van der Waals surface area contributed by atoms with Crippen molar-refractivity contribution in [3.05, 3.63) is 70.8 Å². The third-order valence-corrected chi connectivity index (χ3v) is 3.54. The van der Waals surface area contributed by atoms with Gasteiger partial charge in [-0.1, -0.05) is 55.0 Å². The first-order valence-corrected chi connectivity index (χ1v) is 6.23. The Balaban J connectivity index is 2.33. The summed E-state index contributed by atoms with van der Waals surface area (Å²) in [6, 6.07) is 9.94. The molecule has 0 aliphatic heterocycles. The number of nitriles is 1. The van der Waals surface area contributed by atoms with E-state index < -0.39 is 0 Å². The number of rotatable bonds is 2. The Morgan fingerprint density at radius 2 is 2.17 bits per heavy atom. The van der Waals surface area contributed by atoms with E-state index in [-0.39, 0.29) is 5.41 Å². The molecule has 2 heteroatoms. The van der Waals surface area contributed by atoms with E-state index >= 15 is 0 Å². The molecule has 1 aliphatic carbocycles. The summed E-state index contributed by atoms with van der Waals surface area (Å²) < 4.78 is 0. The SMILES string of the molecule is CC1(c2ccccc2Cl)C=CC=C(/C=C/C#N)C1. The van der Waals surface area contributed by atoms with Crippen LogP contribution < -0.4 is 0 Å². The molecule has 0 amide bonds. The van der Waals surface area contributed by atoms with Crippen molar-refractivity contribution in [2.75, 3.05) is 0 Å². The molecular formula is C16H14ClN. The number of benzene rings is 1. The van der Waals surface area contributed by atoms with Gasteiger partial charge in [-0.25, -0.2) is 0 Å². The minimum Gasteiger partial charge on any atom is -0.193 e. The largest absolute Gasteiger partial charge is 0.193 e. The van der Waals surface area contributed by atoms with Crippen molar-refractivity contribution in [1.82, 2.24) is 0 Å². The number of hydrogen-bond donors (Lipinski definition) is 0. The van der Waals surface area contributed by atoms with Gasteiger partial charge in [-0.2, -0.15) is 5.26 Å². The summed E-state index contributed by atoms with van der Waals surface area (Å²) in [6.45, 7) is 2.16. The zero-order chi connectivity index (χ0) is 13.0. The van der Waals surface area contributed by atoms with E-state index in [0.717, 1.165) is 22.6 Å². The number of hydrogen-bond acceptors (Lipinski definition) is 1. The molecule has 1 aromatic carbocycles. The Labute approximate surface area is 113 Å². The van der Waals surface area contributed by atoms with E-state index in [1.165, 1.54) is 6.08 Å². The van der Waals surface area contributed by atoms with E-state index in [9.17, 15) is 0 Å². The molecule has 2 rings (SSSR count). The number of halogens is 1. The lowest BCUT2D eigenvalue weighted by molar-refractivity contribution is 0.588. The van der Waals surface area contributed by atoms with Crippen LogP contribution in [0.4, 0.5) is 0 Å². The minimum atomic E-state index is -0.109. The van der Waals surface area contributed by atoms with Crippen molar-refractivity contribution < 1.29 is 0 Å². The second-order valence-corrected chi connectivity index (χ2v) is 5.04. The summed E-state index contributed by atoms with van der Waals surface area (Å²) in [5.41, 5.74) is 2.16. The van der Waals surface area contributed by atoms with Gasteiger partial charge in [0, 0.05) is 16.5 Å². The van der Waals surface area contributed by atoms with Gasteiger partial charge in [-0.3, -0.25) is 0 Å². The lowest BCUT2D eigenvalue weighted by Crippen LogP contribution is -2.21. The lowest BCUT2D eigenvalue weighted by atomic mass is 9.74. The van der Waals surface area contributed by atoms with E-state index in [4.69, 9.17) is 16.9 Å². The quantitative estimate of drug-likeness (QED) is 0.711. The van der Waals surface area contributed by atoms with Crippen LogP contribution in [0.1, 0.15) is 18.9 Å². The highest BCUT2D eigenvalue weighted by Gasteiger charge is 2.27. The molecule has 0 saturated heterocycles. The Hall–Kier alpha value is -1.78. The van der Waals surface area contributed by atoms with E-state index in [1.807, 2.05) is 42.5 Å². The van der Waals surface area contributed by atoms with Crippen LogP contribution in [-0.4, -0.2) is 0 Å². The molecule has 1 atom stereocenters. The van der Waals surface area contributed by atoms with Gasteiger partial charge in [0.15, 0.2) is 0 Å². The van der Waals surface area contributed by atoms with Crippen molar-refractivity contribution in [2.24, 2.45) is 0 Å². The second-order valence-electron chi connectivity index (χ2n) is 4.64. The molecule has 1 aliphatic rings. The van der Waals surface area contributed by atoms with Crippen LogP contribution in [0.5, 0.6) is 0 Å².